The van der Waals surface area contributed by atoms with Gasteiger partial charge in [-0.05, 0) is 91.1 Å². The van der Waals surface area contributed by atoms with Crippen LogP contribution in [0.3, 0.4) is 0 Å². The molecule has 1 saturated heterocycles. The zero-order chi connectivity index (χ0) is 32.6. The molecule has 1 saturated carbocycles. The molecule has 8 nitrogen and oxygen atoms in total. The Balaban J connectivity index is 1.56. The summed E-state index contributed by atoms with van der Waals surface area (Å²) in [5.41, 5.74) is 2.69. The summed E-state index contributed by atoms with van der Waals surface area (Å²) < 4.78 is 12.8. The molecule has 0 radical (unpaired) electrons. The van der Waals surface area contributed by atoms with Crippen molar-refractivity contribution in [3.63, 3.8) is 0 Å². The maximum atomic E-state index is 12.3. The lowest BCUT2D eigenvalue weighted by molar-refractivity contribution is -0.347. The van der Waals surface area contributed by atoms with Crippen molar-refractivity contribution in [2.24, 2.45) is 34.0 Å². The second-order valence-corrected chi connectivity index (χ2v) is 16.0. The predicted molar refractivity (Wildman–Crippen MR) is 168 cm³/mol. The van der Waals surface area contributed by atoms with Crippen LogP contribution in [0, 0.1) is 34.0 Å². The number of hydrogen-bond donors (Lipinski definition) is 6. The summed E-state index contributed by atoms with van der Waals surface area (Å²) in [4.78, 5) is 0. The maximum Gasteiger partial charge on any atom is 0.187 e. The Labute approximate surface area is 263 Å². The van der Waals surface area contributed by atoms with Gasteiger partial charge in [-0.3, -0.25) is 0 Å². The molecule has 5 rings (SSSR count). The van der Waals surface area contributed by atoms with E-state index in [4.69, 9.17) is 9.47 Å². The van der Waals surface area contributed by atoms with Crippen LogP contribution >= 0.6 is 0 Å². The fourth-order valence-electron chi connectivity index (χ4n) is 10.0. The Bertz CT molecular complexity index is 1170. The van der Waals surface area contributed by atoms with Crippen LogP contribution in [0.15, 0.2) is 34.9 Å². The van der Waals surface area contributed by atoms with E-state index in [-0.39, 0.29) is 22.9 Å². The molecule has 0 bridgehead atoms. The topological polar surface area (TPSA) is 140 Å². The van der Waals surface area contributed by atoms with E-state index in [2.05, 4.69) is 61.1 Å². The molecule has 1 heterocycles. The highest BCUT2D eigenvalue weighted by atomic mass is 16.7. The van der Waals surface area contributed by atoms with Crippen molar-refractivity contribution in [1.82, 2.24) is 0 Å². The standard InChI is InChI=1S/C36H58O8/c1-19(2)20(3)9-10-21(4)36(44-32-31(42)30(41)29(40)25(18-37)43-32)16-13-23-22-11-12-26-33(5,6)27(38)14-15-34(26,7)24(22)17-28(39)35(23,36)8/h13,19,21,25-32,37-42H,3,9-12,14-18H2,1-2,4-8H3/t21-,25-,26+,27+,28-,29-,30+,31+,32+,34-,35-,36+/m1/s1. The lowest BCUT2D eigenvalue weighted by atomic mass is 9.45. The molecule has 250 valence electrons. The van der Waals surface area contributed by atoms with Crippen LogP contribution in [0.25, 0.3) is 0 Å². The first-order valence-electron chi connectivity index (χ1n) is 16.9. The van der Waals surface area contributed by atoms with Crippen molar-refractivity contribution in [3.05, 3.63) is 34.9 Å². The third kappa shape index (κ3) is 4.93. The molecule has 0 unspecified atom stereocenters. The van der Waals surface area contributed by atoms with Gasteiger partial charge >= 0.3 is 0 Å². The second-order valence-electron chi connectivity index (χ2n) is 16.0. The van der Waals surface area contributed by atoms with Crippen molar-refractivity contribution in [2.45, 2.75) is 148 Å². The molecule has 6 N–H and O–H groups in total. The van der Waals surface area contributed by atoms with E-state index < -0.39 is 54.4 Å². The predicted octanol–water partition coefficient (Wildman–Crippen LogP) is 4.17. The number of aliphatic hydroxyl groups excluding tert-OH is 6. The van der Waals surface area contributed by atoms with Crippen LogP contribution in [-0.2, 0) is 9.47 Å². The number of ether oxygens (including phenoxy) is 2. The van der Waals surface area contributed by atoms with Crippen LogP contribution in [0.2, 0.25) is 0 Å². The van der Waals surface area contributed by atoms with Crippen LogP contribution < -0.4 is 0 Å². The van der Waals surface area contributed by atoms with Crippen molar-refractivity contribution in [1.29, 1.82) is 0 Å². The molecule has 0 aromatic carbocycles. The molecule has 8 heteroatoms. The van der Waals surface area contributed by atoms with Gasteiger partial charge < -0.3 is 40.1 Å². The first kappa shape index (κ1) is 34.2. The third-order valence-electron chi connectivity index (χ3n) is 13.3. The van der Waals surface area contributed by atoms with E-state index in [9.17, 15) is 30.6 Å². The SMILES string of the molecule is C=C(CC[C@@H](C)[C@@]1(O[C@@H]2O[C@H](CO)[C@@H](O)[C@H](O)[C@@H]2O)CC=C2C3=C(C[C@@H](O)[C@@]21C)[C@@]1(C)CC[C@H](O)C(C)(C)[C@@H]1CC3)C(C)C. The minimum atomic E-state index is -1.55. The molecule has 0 amide bonds. The van der Waals surface area contributed by atoms with Crippen molar-refractivity contribution < 1.29 is 40.1 Å². The number of fused-ring (bicyclic) bond motifs is 4. The second kappa shape index (κ2) is 11.9. The van der Waals surface area contributed by atoms with Gasteiger partial charge in [0.15, 0.2) is 6.29 Å². The van der Waals surface area contributed by atoms with E-state index >= 15 is 0 Å². The van der Waals surface area contributed by atoms with Crippen LogP contribution in [0.1, 0.15) is 99.8 Å². The quantitative estimate of drug-likeness (QED) is 0.223. The van der Waals surface area contributed by atoms with Gasteiger partial charge in [0.25, 0.3) is 0 Å². The fraction of sp³-hybridized carbons (Fsp3) is 0.833. The number of aliphatic hydroxyl groups is 6. The molecular weight excluding hydrogens is 560 g/mol. The van der Waals surface area contributed by atoms with Gasteiger partial charge in [-0.2, -0.15) is 0 Å². The van der Waals surface area contributed by atoms with Crippen molar-refractivity contribution in [2.75, 3.05) is 6.61 Å². The molecule has 0 spiro atoms. The lowest BCUT2D eigenvalue weighted by Gasteiger charge is -2.61. The van der Waals surface area contributed by atoms with Crippen molar-refractivity contribution in [3.8, 4) is 0 Å². The molecule has 5 aliphatic rings. The van der Waals surface area contributed by atoms with E-state index in [1.54, 1.807) is 0 Å². The van der Waals surface area contributed by atoms with Gasteiger partial charge in [0.2, 0.25) is 0 Å². The summed E-state index contributed by atoms with van der Waals surface area (Å²) in [5.74, 6) is 0.545. The minimum Gasteiger partial charge on any atom is -0.394 e. The Kier molecular flexibility index (Phi) is 9.22. The number of allylic oxidation sites excluding steroid dienone is 2. The van der Waals surface area contributed by atoms with E-state index in [1.807, 2.05) is 0 Å². The van der Waals surface area contributed by atoms with Gasteiger partial charge in [0.1, 0.15) is 24.4 Å². The molecule has 1 aliphatic heterocycles. The molecule has 44 heavy (non-hydrogen) atoms. The maximum absolute atomic E-state index is 12.3. The van der Waals surface area contributed by atoms with Gasteiger partial charge in [-0.15, -0.1) is 0 Å². The lowest BCUT2D eigenvalue weighted by Crippen LogP contribution is -2.65. The van der Waals surface area contributed by atoms with Gasteiger partial charge in [-0.25, -0.2) is 0 Å². The van der Waals surface area contributed by atoms with E-state index in [0.29, 0.717) is 24.7 Å². The van der Waals surface area contributed by atoms with E-state index in [1.165, 1.54) is 11.1 Å². The van der Waals surface area contributed by atoms with Gasteiger partial charge in [0, 0.05) is 5.41 Å². The molecule has 2 fully saturated rings. The average Bonchev–Trinajstić information content (AvgIpc) is 3.28. The average molecular weight is 619 g/mol. The highest BCUT2D eigenvalue weighted by Gasteiger charge is 2.66. The van der Waals surface area contributed by atoms with Crippen LogP contribution in [0.4, 0.5) is 0 Å². The van der Waals surface area contributed by atoms with Crippen LogP contribution in [-0.4, -0.2) is 85.8 Å². The van der Waals surface area contributed by atoms with E-state index in [0.717, 1.165) is 49.7 Å². The normalized spacial score (nSPS) is 45.8. The third-order valence-corrected chi connectivity index (χ3v) is 13.3. The van der Waals surface area contributed by atoms with Gasteiger partial charge in [0.05, 0.1) is 24.4 Å². The minimum absolute atomic E-state index is 0.100. The molecule has 4 aliphatic carbocycles. The van der Waals surface area contributed by atoms with Crippen molar-refractivity contribution >= 4 is 0 Å². The first-order valence-corrected chi connectivity index (χ1v) is 16.9. The summed E-state index contributed by atoms with van der Waals surface area (Å²) in [6.45, 7) is 18.9. The smallest absolute Gasteiger partial charge is 0.187 e. The zero-order valence-electron chi connectivity index (χ0n) is 27.9. The first-order chi connectivity index (χ1) is 20.5. The highest BCUT2D eigenvalue weighted by Crippen LogP contribution is 2.68. The summed E-state index contributed by atoms with van der Waals surface area (Å²) in [6, 6.07) is 0. The summed E-state index contributed by atoms with van der Waals surface area (Å²) >= 11 is 0. The summed E-state index contributed by atoms with van der Waals surface area (Å²) in [5, 5.41) is 65.3. The number of hydrogen-bond acceptors (Lipinski definition) is 8. The Hall–Kier alpha value is -1.10. The molecule has 12 atom stereocenters. The fourth-order valence-corrected chi connectivity index (χ4v) is 10.0. The van der Waals surface area contributed by atoms with Crippen LogP contribution in [0.5, 0.6) is 0 Å². The summed E-state index contributed by atoms with van der Waals surface area (Å²) in [6.07, 6.45) is 0.146. The van der Waals surface area contributed by atoms with Gasteiger partial charge in [-0.1, -0.05) is 72.3 Å². The zero-order valence-corrected chi connectivity index (χ0v) is 27.9. The summed E-state index contributed by atoms with van der Waals surface area (Å²) in [7, 11) is 0. The molecule has 0 aromatic heterocycles. The highest BCUT2D eigenvalue weighted by molar-refractivity contribution is 5.53. The molecular formula is C36H58O8. The molecule has 0 aromatic rings. The largest absolute Gasteiger partial charge is 0.394 e. The monoisotopic (exact) mass is 618 g/mol. The number of rotatable bonds is 8. The Morgan fingerprint density at radius 3 is 2.32 bits per heavy atom. The Morgan fingerprint density at radius 1 is 1.00 bits per heavy atom. The Morgan fingerprint density at radius 2 is 1.68 bits per heavy atom.